The van der Waals surface area contributed by atoms with Crippen LogP contribution < -0.4 is 5.32 Å². The second-order valence-corrected chi connectivity index (χ2v) is 5.46. The van der Waals surface area contributed by atoms with Crippen LogP contribution in [0.1, 0.15) is 17.6 Å². The molecular weight excluding hydrogens is 366 g/mol. The number of amides is 1. The topological polar surface area (TPSA) is 80.1 Å². The standard InChI is InChI=1S/C14H9F4N3O3S/c1-24-11(22)4-10-13(23)20-14(25-10)21-19-5-6-2-9(16)7(12(17)18)3-8(6)15/h2-5,12H,1H3,(H,20,21,23)/b10-4+,19-5?. The lowest BCUT2D eigenvalue weighted by molar-refractivity contribution is -0.135. The van der Waals surface area contributed by atoms with Crippen molar-refractivity contribution in [3.05, 3.63) is 45.9 Å². The van der Waals surface area contributed by atoms with E-state index in [0.717, 1.165) is 31.2 Å². The minimum Gasteiger partial charge on any atom is -0.466 e. The summed E-state index contributed by atoms with van der Waals surface area (Å²) in [5, 5.41) is 9.30. The number of nitrogens with one attached hydrogen (secondary N) is 1. The Hall–Kier alpha value is -2.69. The lowest BCUT2D eigenvalue weighted by atomic mass is 10.1. The molecule has 1 fully saturated rings. The second kappa shape index (κ2) is 7.92. The molecule has 2 rings (SSSR count). The van der Waals surface area contributed by atoms with Crippen LogP contribution in [-0.2, 0) is 14.3 Å². The van der Waals surface area contributed by atoms with Crippen molar-refractivity contribution in [3.63, 3.8) is 0 Å². The van der Waals surface area contributed by atoms with Crippen LogP contribution in [0.2, 0.25) is 0 Å². The third-order valence-electron chi connectivity index (χ3n) is 2.80. The molecule has 0 aliphatic carbocycles. The van der Waals surface area contributed by atoms with Crippen LogP contribution in [0.5, 0.6) is 0 Å². The fraction of sp³-hybridized carbons (Fsp3) is 0.143. The van der Waals surface area contributed by atoms with E-state index in [1.807, 2.05) is 0 Å². The van der Waals surface area contributed by atoms with Crippen molar-refractivity contribution in [1.82, 2.24) is 5.32 Å². The smallest absolute Gasteiger partial charge is 0.331 e. The number of hydrogen-bond acceptors (Lipinski definition) is 6. The third-order valence-corrected chi connectivity index (χ3v) is 3.70. The van der Waals surface area contributed by atoms with E-state index < -0.39 is 41.1 Å². The molecule has 1 aliphatic rings. The van der Waals surface area contributed by atoms with Crippen LogP contribution in [0, 0.1) is 11.6 Å². The number of nitrogens with zero attached hydrogens (tertiary/aromatic N) is 2. The molecule has 6 nitrogen and oxygen atoms in total. The summed E-state index contributed by atoms with van der Waals surface area (Å²) in [6, 6.07) is 0.932. The molecule has 0 bridgehead atoms. The Morgan fingerprint density at radius 2 is 2.04 bits per heavy atom. The highest BCUT2D eigenvalue weighted by Gasteiger charge is 2.25. The van der Waals surface area contributed by atoms with Gasteiger partial charge in [-0.05, 0) is 23.9 Å². The Balaban J connectivity index is 2.15. The Kier molecular flexibility index (Phi) is 5.91. The molecule has 0 atom stereocenters. The minimum atomic E-state index is -3.15. The van der Waals surface area contributed by atoms with Crippen molar-refractivity contribution in [2.75, 3.05) is 7.11 Å². The number of carbonyl (C=O) groups excluding carboxylic acids is 2. The van der Waals surface area contributed by atoms with Gasteiger partial charge in [-0.3, -0.25) is 10.1 Å². The van der Waals surface area contributed by atoms with Crippen molar-refractivity contribution in [1.29, 1.82) is 0 Å². The number of benzene rings is 1. The minimum absolute atomic E-state index is 0.0125. The molecule has 1 aromatic carbocycles. The zero-order chi connectivity index (χ0) is 18.6. The van der Waals surface area contributed by atoms with Gasteiger partial charge in [0.25, 0.3) is 12.3 Å². The summed E-state index contributed by atoms with van der Waals surface area (Å²) in [6.45, 7) is 0. The van der Waals surface area contributed by atoms with Gasteiger partial charge in [-0.15, -0.1) is 5.10 Å². The van der Waals surface area contributed by atoms with E-state index in [1.165, 1.54) is 0 Å². The molecule has 1 aliphatic heterocycles. The van der Waals surface area contributed by atoms with Gasteiger partial charge in [0.05, 0.1) is 23.8 Å². The fourth-order valence-electron chi connectivity index (χ4n) is 1.63. The van der Waals surface area contributed by atoms with E-state index in [-0.39, 0.29) is 10.1 Å². The van der Waals surface area contributed by atoms with Crippen LogP contribution in [-0.4, -0.2) is 30.4 Å². The Bertz CT molecular complexity index is 809. The molecule has 1 amide bonds. The van der Waals surface area contributed by atoms with Gasteiger partial charge in [-0.2, -0.15) is 5.10 Å². The van der Waals surface area contributed by atoms with Gasteiger partial charge in [0.1, 0.15) is 11.6 Å². The summed E-state index contributed by atoms with van der Waals surface area (Å²) in [6.07, 6.45) is -1.40. The Labute approximate surface area is 142 Å². The van der Waals surface area contributed by atoms with E-state index in [4.69, 9.17) is 0 Å². The monoisotopic (exact) mass is 375 g/mol. The predicted molar refractivity (Wildman–Crippen MR) is 82.2 cm³/mol. The normalized spacial score (nSPS) is 17.8. The van der Waals surface area contributed by atoms with Crippen LogP contribution >= 0.6 is 11.8 Å². The van der Waals surface area contributed by atoms with Gasteiger partial charge in [0, 0.05) is 11.6 Å². The van der Waals surface area contributed by atoms with E-state index in [2.05, 4.69) is 20.3 Å². The second-order valence-electron chi connectivity index (χ2n) is 4.43. The first-order chi connectivity index (χ1) is 11.8. The molecule has 1 saturated heterocycles. The maximum atomic E-state index is 13.6. The van der Waals surface area contributed by atoms with Gasteiger partial charge in [0.15, 0.2) is 5.17 Å². The number of ether oxygens (including phenoxy) is 1. The van der Waals surface area contributed by atoms with Crippen molar-refractivity contribution in [2.45, 2.75) is 6.43 Å². The van der Waals surface area contributed by atoms with Crippen LogP contribution in [0.4, 0.5) is 17.6 Å². The summed E-state index contributed by atoms with van der Waals surface area (Å²) in [5.74, 6) is -3.73. The molecule has 0 radical (unpaired) electrons. The number of carbonyl (C=O) groups is 2. The summed E-state index contributed by atoms with van der Waals surface area (Å²) >= 11 is 0.780. The van der Waals surface area contributed by atoms with Gasteiger partial charge in [0.2, 0.25) is 0 Å². The molecule has 132 valence electrons. The zero-order valence-corrected chi connectivity index (χ0v) is 13.2. The van der Waals surface area contributed by atoms with Gasteiger partial charge in [-0.25, -0.2) is 22.4 Å². The van der Waals surface area contributed by atoms with Crippen LogP contribution in [0.25, 0.3) is 0 Å². The highest BCUT2D eigenvalue weighted by molar-refractivity contribution is 8.18. The quantitative estimate of drug-likeness (QED) is 0.288. The average molecular weight is 375 g/mol. The Morgan fingerprint density at radius 1 is 1.32 bits per heavy atom. The van der Waals surface area contributed by atoms with E-state index in [0.29, 0.717) is 12.1 Å². The molecule has 1 N–H and O–H groups in total. The first-order valence-corrected chi connectivity index (χ1v) is 7.30. The third kappa shape index (κ3) is 4.66. The van der Waals surface area contributed by atoms with Crippen molar-refractivity contribution < 1.29 is 31.9 Å². The van der Waals surface area contributed by atoms with E-state index in [9.17, 15) is 27.2 Å². The number of amidine groups is 1. The zero-order valence-electron chi connectivity index (χ0n) is 12.4. The van der Waals surface area contributed by atoms with Crippen LogP contribution in [0.15, 0.2) is 33.3 Å². The average Bonchev–Trinajstić information content (AvgIpc) is 2.89. The number of alkyl halides is 2. The maximum Gasteiger partial charge on any atom is 0.331 e. The summed E-state index contributed by atoms with van der Waals surface area (Å²) in [7, 11) is 1.14. The van der Waals surface area contributed by atoms with Gasteiger partial charge >= 0.3 is 5.97 Å². The number of methoxy groups -OCH3 is 1. The Morgan fingerprint density at radius 3 is 2.68 bits per heavy atom. The molecule has 25 heavy (non-hydrogen) atoms. The first-order valence-electron chi connectivity index (χ1n) is 6.48. The van der Waals surface area contributed by atoms with Crippen LogP contribution in [0.3, 0.4) is 0 Å². The maximum absolute atomic E-state index is 13.6. The molecule has 1 heterocycles. The summed E-state index contributed by atoms with van der Waals surface area (Å²) in [4.78, 5) is 22.6. The van der Waals surface area contributed by atoms with Gasteiger partial charge < -0.3 is 4.74 Å². The number of thioether (sulfide) groups is 1. The number of hydrogen-bond donors (Lipinski definition) is 1. The largest absolute Gasteiger partial charge is 0.466 e. The summed E-state index contributed by atoms with van der Waals surface area (Å²) in [5.41, 5.74) is -1.46. The van der Waals surface area contributed by atoms with Crippen molar-refractivity contribution in [2.24, 2.45) is 10.2 Å². The van der Waals surface area contributed by atoms with Gasteiger partial charge in [-0.1, -0.05) is 0 Å². The highest BCUT2D eigenvalue weighted by atomic mass is 32.2. The summed E-state index contributed by atoms with van der Waals surface area (Å²) < 4.78 is 56.3. The molecule has 1 aromatic rings. The fourth-order valence-corrected chi connectivity index (χ4v) is 2.37. The molecular formula is C14H9F4N3O3S. The number of halogens is 4. The lowest BCUT2D eigenvalue weighted by Gasteiger charge is -2.03. The first kappa shape index (κ1) is 18.6. The van der Waals surface area contributed by atoms with Crippen molar-refractivity contribution >= 4 is 35.0 Å². The van der Waals surface area contributed by atoms with E-state index in [1.54, 1.807) is 0 Å². The predicted octanol–water partition coefficient (Wildman–Crippen LogP) is 2.51. The van der Waals surface area contributed by atoms with E-state index >= 15 is 0 Å². The number of esters is 1. The SMILES string of the molecule is COC(=O)/C=C1/S/C(=N\N=Cc2cc(F)c(C(F)F)cc2F)NC1=O. The van der Waals surface area contributed by atoms with Crippen molar-refractivity contribution in [3.8, 4) is 0 Å². The number of rotatable bonds is 4. The molecule has 0 spiro atoms. The highest BCUT2D eigenvalue weighted by Crippen LogP contribution is 2.25. The molecule has 0 unspecified atom stereocenters. The molecule has 0 aromatic heterocycles. The molecule has 11 heteroatoms. The lowest BCUT2D eigenvalue weighted by Crippen LogP contribution is -2.19. The molecule has 0 saturated carbocycles.